The Hall–Kier alpha value is -2.67. The summed E-state index contributed by atoms with van der Waals surface area (Å²) in [6, 6.07) is 18.2. The Morgan fingerprint density at radius 2 is 0.839 bits per heavy atom. The third-order valence-corrected chi connectivity index (χ3v) is 2.11. The molecule has 0 aliphatic rings. The minimum absolute atomic E-state index is 0.208. The fraction of sp³-hybridized carbons (Fsp3) is 0.400. The number of carbonyl (C=O) groups excluding carboxylic acids is 3. The summed E-state index contributed by atoms with van der Waals surface area (Å²) in [4.78, 5) is 29.3. The van der Waals surface area contributed by atoms with E-state index in [0.717, 1.165) is 23.7 Å². The van der Waals surface area contributed by atoms with Gasteiger partial charge in [-0.05, 0) is 0 Å². The number of carbonyl (C=O) groups is 3. The zero-order valence-corrected chi connectivity index (χ0v) is 20.7. The molecule has 0 aromatic heterocycles. The molecule has 0 aliphatic carbocycles. The second-order valence-electron chi connectivity index (χ2n) is 4.50. The molecule has 0 amide bonds. The number of methoxy groups -OCH3 is 3. The van der Waals surface area contributed by atoms with E-state index in [9.17, 15) is 14.4 Å². The van der Waals surface area contributed by atoms with Gasteiger partial charge in [-0.2, -0.15) is 0 Å². The van der Waals surface area contributed by atoms with Gasteiger partial charge in [0, 0.05) is 46.7 Å². The Balaban J connectivity index is -0.0000000920. The largest absolute Gasteiger partial charge is 0.388 e. The fourth-order valence-electron chi connectivity index (χ4n) is 1.13. The molecule has 0 atom stereocenters. The molecule has 0 N–H and O–H groups in total. The molecule has 178 valence electrons. The maximum Gasteiger partial charge on any atom is 0.150 e. The molecule has 0 saturated carbocycles. The van der Waals surface area contributed by atoms with E-state index in [2.05, 4.69) is 14.2 Å². The second-order valence-corrected chi connectivity index (χ2v) is 4.50. The van der Waals surface area contributed by atoms with E-state index in [1.807, 2.05) is 64.1 Å². The van der Waals surface area contributed by atoms with Crippen LogP contribution in [0.25, 0.3) is 0 Å². The molecule has 0 radical (unpaired) electrons. The van der Waals surface area contributed by atoms with Crippen LogP contribution in [0.1, 0.15) is 48.4 Å². The summed E-state index contributed by atoms with van der Waals surface area (Å²) in [6.07, 6.45) is 2.38. The minimum Gasteiger partial charge on any atom is -0.388 e. The van der Waals surface area contributed by atoms with Crippen molar-refractivity contribution < 1.29 is 28.6 Å². The van der Waals surface area contributed by atoms with Gasteiger partial charge in [0.15, 0.2) is 0 Å². The molecule has 0 saturated heterocycles. The van der Waals surface area contributed by atoms with Crippen LogP contribution in [-0.2, 0) is 19.0 Å². The Labute approximate surface area is 189 Å². The topological polar surface area (TPSA) is 78.9 Å². The van der Waals surface area contributed by atoms with Crippen LogP contribution < -0.4 is 0 Å². The summed E-state index contributed by atoms with van der Waals surface area (Å²) in [6.45, 7) is 8.21. The van der Waals surface area contributed by atoms with Gasteiger partial charge in [-0.25, -0.2) is 0 Å². The van der Waals surface area contributed by atoms with Crippen LogP contribution in [0.3, 0.4) is 0 Å². The van der Waals surface area contributed by atoms with Crippen molar-refractivity contribution in [2.75, 3.05) is 42.2 Å². The Morgan fingerprint density at radius 3 is 0.935 bits per heavy atom. The van der Waals surface area contributed by atoms with Gasteiger partial charge in [0.2, 0.25) is 0 Å². The molecule has 0 heterocycles. The molecule has 0 spiro atoms. The van der Waals surface area contributed by atoms with Crippen molar-refractivity contribution in [1.82, 2.24) is 0 Å². The third kappa shape index (κ3) is 46.9. The van der Waals surface area contributed by atoms with Crippen LogP contribution >= 0.6 is 0 Å². The molecule has 6 nitrogen and oxygen atoms in total. The lowest BCUT2D eigenvalue weighted by Crippen LogP contribution is -1.84. The maximum atomic E-state index is 10.0. The molecule has 2 aromatic rings. The monoisotopic (exact) mass is 438 g/mol. The molecule has 0 aliphatic heterocycles. The van der Waals surface area contributed by atoms with E-state index in [0.29, 0.717) is 6.29 Å². The van der Waals surface area contributed by atoms with Crippen LogP contribution in [0, 0.1) is 0 Å². The van der Waals surface area contributed by atoms with Crippen molar-refractivity contribution in [1.29, 1.82) is 0 Å². The fourth-order valence-corrected chi connectivity index (χ4v) is 1.13. The standard InChI is InChI=1S/2C7H6O.C3H6O2.2C2H6O.2C2H6/c2*8-6-7-4-2-1-3-5-7;1-5-3-2-4;2*1-3-2;2*1-2/h2*1-6H;2H,3H2,1H3;2*1-2H3;2*1-2H3. The molecule has 2 rings (SSSR count). The smallest absolute Gasteiger partial charge is 0.150 e. The highest BCUT2D eigenvalue weighted by Crippen LogP contribution is 1.92. The van der Waals surface area contributed by atoms with Gasteiger partial charge in [-0.15, -0.1) is 0 Å². The van der Waals surface area contributed by atoms with Gasteiger partial charge in [-0.1, -0.05) is 88.4 Å². The number of rotatable bonds is 4. The average Bonchev–Trinajstić information content (AvgIpc) is 2.85. The lowest BCUT2D eigenvalue weighted by molar-refractivity contribution is -0.110. The van der Waals surface area contributed by atoms with Crippen LogP contribution in [0.15, 0.2) is 60.7 Å². The summed E-state index contributed by atoms with van der Waals surface area (Å²) in [5.74, 6) is 0. The van der Waals surface area contributed by atoms with Crippen LogP contribution in [0.5, 0.6) is 0 Å². The van der Waals surface area contributed by atoms with Crippen LogP contribution in [0.4, 0.5) is 0 Å². The molecular formula is C25H42O6. The SMILES string of the molecule is CC.CC.COC.COC.COCC=O.O=Cc1ccccc1.O=Cc1ccccc1. The maximum absolute atomic E-state index is 10.0. The van der Waals surface area contributed by atoms with Gasteiger partial charge < -0.3 is 19.0 Å². The first-order chi connectivity index (χ1) is 15.1. The van der Waals surface area contributed by atoms with E-state index in [1.54, 1.807) is 52.7 Å². The van der Waals surface area contributed by atoms with Crippen molar-refractivity contribution in [2.45, 2.75) is 27.7 Å². The summed E-state index contributed by atoms with van der Waals surface area (Å²) < 4.78 is 12.8. The van der Waals surface area contributed by atoms with E-state index < -0.39 is 0 Å². The van der Waals surface area contributed by atoms with Crippen molar-refractivity contribution in [2.24, 2.45) is 0 Å². The van der Waals surface area contributed by atoms with Crippen molar-refractivity contribution in [3.05, 3.63) is 71.8 Å². The summed E-state index contributed by atoms with van der Waals surface area (Å²) in [5, 5.41) is 0. The Kier molecular flexibility index (Phi) is 57.5. The average molecular weight is 439 g/mol. The minimum atomic E-state index is 0.208. The lowest BCUT2D eigenvalue weighted by Gasteiger charge is -1.81. The van der Waals surface area contributed by atoms with E-state index >= 15 is 0 Å². The molecule has 0 unspecified atom stereocenters. The number of aldehydes is 3. The molecule has 0 bridgehead atoms. The Bertz CT molecular complexity index is 485. The molecular weight excluding hydrogens is 396 g/mol. The highest BCUT2D eigenvalue weighted by molar-refractivity contribution is 5.74. The first-order valence-corrected chi connectivity index (χ1v) is 9.84. The predicted octanol–water partition coefficient (Wildman–Crippen LogP) is 5.41. The van der Waals surface area contributed by atoms with Crippen LogP contribution in [-0.4, -0.2) is 61.0 Å². The Morgan fingerprint density at radius 1 is 0.581 bits per heavy atom. The van der Waals surface area contributed by atoms with Gasteiger partial charge in [0.25, 0.3) is 0 Å². The summed E-state index contributed by atoms with van der Waals surface area (Å²) in [5.41, 5.74) is 1.46. The zero-order valence-electron chi connectivity index (χ0n) is 20.7. The number of ether oxygens (including phenoxy) is 3. The molecule has 6 heteroatoms. The normalized spacial score (nSPS) is 7.13. The van der Waals surface area contributed by atoms with Crippen molar-refractivity contribution >= 4 is 18.9 Å². The van der Waals surface area contributed by atoms with Gasteiger partial charge in [0.05, 0.1) is 0 Å². The van der Waals surface area contributed by atoms with Gasteiger partial charge in [0.1, 0.15) is 25.5 Å². The van der Waals surface area contributed by atoms with Crippen LogP contribution in [0.2, 0.25) is 0 Å². The van der Waals surface area contributed by atoms with E-state index in [4.69, 9.17) is 0 Å². The van der Waals surface area contributed by atoms with E-state index in [1.165, 1.54) is 7.11 Å². The number of hydrogen-bond donors (Lipinski definition) is 0. The third-order valence-electron chi connectivity index (χ3n) is 2.11. The first-order valence-electron chi connectivity index (χ1n) is 9.84. The highest BCUT2D eigenvalue weighted by atomic mass is 16.5. The van der Waals surface area contributed by atoms with E-state index in [-0.39, 0.29) is 6.61 Å². The quantitative estimate of drug-likeness (QED) is 0.594. The number of hydrogen-bond acceptors (Lipinski definition) is 6. The lowest BCUT2D eigenvalue weighted by atomic mass is 10.2. The zero-order chi connectivity index (χ0) is 25.2. The highest BCUT2D eigenvalue weighted by Gasteiger charge is 1.80. The number of benzene rings is 2. The van der Waals surface area contributed by atoms with Gasteiger partial charge in [-0.3, -0.25) is 9.59 Å². The molecule has 0 fully saturated rings. The van der Waals surface area contributed by atoms with Gasteiger partial charge >= 0.3 is 0 Å². The second kappa shape index (κ2) is 45.8. The van der Waals surface area contributed by atoms with Crippen molar-refractivity contribution in [3.8, 4) is 0 Å². The predicted molar refractivity (Wildman–Crippen MR) is 130 cm³/mol. The van der Waals surface area contributed by atoms with Crippen molar-refractivity contribution in [3.63, 3.8) is 0 Å². The summed E-state index contributed by atoms with van der Waals surface area (Å²) in [7, 11) is 7.98. The molecule has 2 aromatic carbocycles. The summed E-state index contributed by atoms with van der Waals surface area (Å²) >= 11 is 0. The first kappa shape index (κ1) is 38.9. The molecule has 31 heavy (non-hydrogen) atoms.